The minimum atomic E-state index is -4.50. The van der Waals surface area contributed by atoms with Gasteiger partial charge < -0.3 is 14.5 Å². The van der Waals surface area contributed by atoms with Crippen molar-refractivity contribution in [2.75, 3.05) is 37.6 Å². The summed E-state index contributed by atoms with van der Waals surface area (Å²) in [7, 11) is 0. The summed E-state index contributed by atoms with van der Waals surface area (Å²) in [6.45, 7) is 1.17. The third-order valence-electron chi connectivity index (χ3n) is 5.41. The second-order valence-corrected chi connectivity index (χ2v) is 7.58. The molecule has 2 aliphatic rings. The highest BCUT2D eigenvalue weighted by Crippen LogP contribution is 2.31. The van der Waals surface area contributed by atoms with E-state index in [9.17, 15) is 27.2 Å². The smallest absolute Gasteiger partial charge is 0.416 e. The molecule has 170 valence electrons. The van der Waals surface area contributed by atoms with Crippen LogP contribution in [0.25, 0.3) is 0 Å². The highest BCUT2D eigenvalue weighted by atomic mass is 19.4. The number of benzene rings is 1. The van der Waals surface area contributed by atoms with Gasteiger partial charge in [-0.2, -0.15) is 13.2 Å². The van der Waals surface area contributed by atoms with Crippen LogP contribution < -0.4 is 9.64 Å². The van der Waals surface area contributed by atoms with Crippen molar-refractivity contribution in [3.05, 3.63) is 54.0 Å². The van der Waals surface area contributed by atoms with Gasteiger partial charge in [-0.05, 0) is 30.3 Å². The van der Waals surface area contributed by atoms with Gasteiger partial charge in [-0.3, -0.25) is 9.69 Å². The fraction of sp³-hybridized carbons (Fsp3) is 0.381. The van der Waals surface area contributed by atoms with Crippen molar-refractivity contribution >= 4 is 17.6 Å². The standard InChI is InChI=1S/C21H20F4N4O3/c22-15-1-3-16(4-2-15)29-10-9-28(20(29)31)13-19(30)27-8-6-17(12-27)32-18-11-14(5-7-26-18)21(23,24)25/h1-5,7,11,17H,6,8-10,12-13H2. The van der Waals surface area contributed by atoms with Crippen molar-refractivity contribution in [1.82, 2.24) is 14.8 Å². The topological polar surface area (TPSA) is 66.0 Å². The van der Waals surface area contributed by atoms with Crippen LogP contribution in [0.2, 0.25) is 0 Å². The maximum absolute atomic E-state index is 13.1. The van der Waals surface area contributed by atoms with Crippen LogP contribution in [0.5, 0.6) is 5.88 Å². The van der Waals surface area contributed by atoms with E-state index in [1.807, 2.05) is 0 Å². The summed E-state index contributed by atoms with van der Waals surface area (Å²) in [6.07, 6.45) is -3.51. The molecule has 2 fully saturated rings. The van der Waals surface area contributed by atoms with E-state index >= 15 is 0 Å². The first-order chi connectivity index (χ1) is 15.2. The maximum atomic E-state index is 13.1. The van der Waals surface area contributed by atoms with E-state index in [4.69, 9.17) is 4.74 Å². The summed E-state index contributed by atoms with van der Waals surface area (Å²) >= 11 is 0. The predicted molar refractivity (Wildman–Crippen MR) is 106 cm³/mol. The third-order valence-corrected chi connectivity index (χ3v) is 5.41. The zero-order chi connectivity index (χ0) is 22.9. The Morgan fingerprint density at radius 1 is 1.12 bits per heavy atom. The molecule has 2 aliphatic heterocycles. The number of aromatic nitrogens is 1. The minimum absolute atomic E-state index is 0.120. The van der Waals surface area contributed by atoms with Gasteiger partial charge in [0.1, 0.15) is 18.5 Å². The Morgan fingerprint density at radius 2 is 1.88 bits per heavy atom. The summed E-state index contributed by atoms with van der Waals surface area (Å²) < 4.78 is 57.2. The Morgan fingerprint density at radius 3 is 2.59 bits per heavy atom. The van der Waals surface area contributed by atoms with E-state index in [1.165, 1.54) is 39.0 Å². The number of pyridine rings is 1. The van der Waals surface area contributed by atoms with Gasteiger partial charge in [-0.15, -0.1) is 0 Å². The van der Waals surface area contributed by atoms with Crippen LogP contribution in [-0.2, 0) is 11.0 Å². The van der Waals surface area contributed by atoms with Crippen LogP contribution >= 0.6 is 0 Å². The zero-order valence-corrected chi connectivity index (χ0v) is 16.9. The van der Waals surface area contributed by atoms with Crippen LogP contribution in [0.3, 0.4) is 0 Å². The van der Waals surface area contributed by atoms with E-state index in [-0.39, 0.29) is 30.9 Å². The van der Waals surface area contributed by atoms with Gasteiger partial charge in [0.2, 0.25) is 11.8 Å². The first-order valence-electron chi connectivity index (χ1n) is 10.0. The number of nitrogens with zero attached hydrogens (tertiary/aromatic N) is 4. The summed E-state index contributed by atoms with van der Waals surface area (Å²) in [5.74, 6) is -0.829. The zero-order valence-electron chi connectivity index (χ0n) is 16.9. The number of hydrogen-bond acceptors (Lipinski definition) is 4. The molecule has 32 heavy (non-hydrogen) atoms. The molecule has 2 saturated heterocycles. The molecule has 1 atom stereocenters. The Labute approximate surface area is 181 Å². The molecule has 1 aromatic carbocycles. The number of carbonyl (C=O) groups is 2. The van der Waals surface area contributed by atoms with Crippen molar-refractivity contribution in [3.8, 4) is 5.88 Å². The number of urea groups is 1. The summed E-state index contributed by atoms with van der Waals surface area (Å²) in [6, 6.07) is 6.88. The van der Waals surface area contributed by atoms with Crippen LogP contribution in [-0.4, -0.2) is 65.5 Å². The van der Waals surface area contributed by atoms with Crippen molar-refractivity contribution in [2.24, 2.45) is 0 Å². The lowest BCUT2D eigenvalue weighted by molar-refractivity contribution is -0.137. The molecule has 2 aromatic rings. The van der Waals surface area contributed by atoms with Gasteiger partial charge in [0.05, 0.1) is 12.1 Å². The van der Waals surface area contributed by atoms with Crippen LogP contribution in [0.15, 0.2) is 42.6 Å². The molecule has 1 unspecified atom stereocenters. The quantitative estimate of drug-likeness (QED) is 0.654. The summed E-state index contributed by atoms with van der Waals surface area (Å²) in [4.78, 5) is 33.5. The lowest BCUT2D eigenvalue weighted by Gasteiger charge is -2.22. The van der Waals surface area contributed by atoms with Crippen LogP contribution in [0.4, 0.5) is 28.0 Å². The lowest BCUT2D eigenvalue weighted by atomic mass is 10.2. The van der Waals surface area contributed by atoms with Crippen molar-refractivity contribution in [3.63, 3.8) is 0 Å². The molecular formula is C21H20F4N4O3. The van der Waals surface area contributed by atoms with Gasteiger partial charge in [-0.1, -0.05) is 0 Å². The normalized spacial score (nSPS) is 19.1. The third kappa shape index (κ3) is 4.76. The van der Waals surface area contributed by atoms with E-state index in [2.05, 4.69) is 4.98 Å². The second kappa shape index (κ2) is 8.64. The second-order valence-electron chi connectivity index (χ2n) is 7.58. The molecule has 3 amide bonds. The molecule has 0 bridgehead atoms. The molecule has 11 heteroatoms. The molecule has 0 aliphatic carbocycles. The lowest BCUT2D eigenvalue weighted by Crippen LogP contribution is -2.42. The van der Waals surface area contributed by atoms with Gasteiger partial charge >= 0.3 is 12.2 Å². The molecule has 7 nitrogen and oxygen atoms in total. The fourth-order valence-electron chi connectivity index (χ4n) is 3.73. The van der Waals surface area contributed by atoms with Crippen LogP contribution in [0, 0.1) is 5.82 Å². The van der Waals surface area contributed by atoms with Crippen molar-refractivity contribution in [2.45, 2.75) is 18.7 Å². The number of carbonyl (C=O) groups excluding carboxylic acids is 2. The summed E-state index contributed by atoms with van der Waals surface area (Å²) in [5.41, 5.74) is -0.304. The average molecular weight is 452 g/mol. The van der Waals surface area contributed by atoms with E-state index in [0.29, 0.717) is 31.7 Å². The predicted octanol–water partition coefficient (Wildman–Crippen LogP) is 3.16. The Kier molecular flexibility index (Phi) is 5.90. The van der Waals surface area contributed by atoms with Crippen LogP contribution in [0.1, 0.15) is 12.0 Å². The highest BCUT2D eigenvalue weighted by Gasteiger charge is 2.35. The first-order valence-corrected chi connectivity index (χ1v) is 10.0. The fourth-order valence-corrected chi connectivity index (χ4v) is 3.73. The van der Waals surface area contributed by atoms with E-state index in [0.717, 1.165) is 18.3 Å². The van der Waals surface area contributed by atoms with Gasteiger partial charge in [0, 0.05) is 44.0 Å². The number of hydrogen-bond donors (Lipinski definition) is 0. The molecule has 3 heterocycles. The van der Waals surface area contributed by atoms with Crippen molar-refractivity contribution in [1.29, 1.82) is 0 Å². The largest absolute Gasteiger partial charge is 0.472 e. The van der Waals surface area contributed by atoms with E-state index < -0.39 is 23.7 Å². The number of likely N-dealkylation sites (tertiary alicyclic amines) is 1. The summed E-state index contributed by atoms with van der Waals surface area (Å²) in [5, 5.41) is 0. The van der Waals surface area contributed by atoms with E-state index in [1.54, 1.807) is 0 Å². The number of amides is 3. The van der Waals surface area contributed by atoms with Gasteiger partial charge in [0.25, 0.3) is 0 Å². The number of anilines is 1. The molecule has 4 rings (SSSR count). The Bertz CT molecular complexity index is 999. The molecule has 0 spiro atoms. The van der Waals surface area contributed by atoms with Crippen molar-refractivity contribution < 1.29 is 31.9 Å². The molecule has 1 aromatic heterocycles. The average Bonchev–Trinajstić information content (AvgIpc) is 3.36. The number of halogens is 4. The minimum Gasteiger partial charge on any atom is -0.472 e. The monoisotopic (exact) mass is 452 g/mol. The molecule has 0 saturated carbocycles. The number of ether oxygens (including phenoxy) is 1. The first kappa shape index (κ1) is 21.8. The van der Waals surface area contributed by atoms with Gasteiger partial charge in [-0.25, -0.2) is 14.2 Å². The van der Waals surface area contributed by atoms with Gasteiger partial charge in [0.15, 0.2) is 0 Å². The SMILES string of the molecule is O=C(CN1CCN(c2ccc(F)cc2)C1=O)N1CCC(Oc2cc(C(F)(F)F)ccn2)C1. The number of alkyl halides is 3. The highest BCUT2D eigenvalue weighted by molar-refractivity contribution is 5.96. The maximum Gasteiger partial charge on any atom is 0.416 e. The number of rotatable bonds is 5. The molecular weight excluding hydrogens is 432 g/mol. The molecule has 0 radical (unpaired) electrons. The molecule has 0 N–H and O–H groups in total. The Hall–Kier alpha value is -3.37. The Balaban J connectivity index is 1.31.